The first kappa shape index (κ1) is 9.97. The number of carbonyl (C=O) groups excluding carboxylic acids is 1. The highest BCUT2D eigenvalue weighted by molar-refractivity contribution is 5.73. The first-order valence-corrected chi connectivity index (χ1v) is 5.51. The molecule has 80 valence electrons. The van der Waals surface area contributed by atoms with Gasteiger partial charge in [-0.1, -0.05) is 0 Å². The topological polar surface area (TPSA) is 23.6 Å². The van der Waals surface area contributed by atoms with Gasteiger partial charge in [0, 0.05) is 31.6 Å². The fraction of sp³-hybridized carbons (Fsp3) is 0.909. The molecule has 0 aromatic heterocycles. The van der Waals surface area contributed by atoms with Crippen LogP contribution in [0.4, 0.5) is 0 Å². The van der Waals surface area contributed by atoms with E-state index in [1.807, 2.05) is 0 Å². The summed E-state index contributed by atoms with van der Waals surface area (Å²) in [6, 6.07) is 0.502. The molecule has 2 bridgehead atoms. The van der Waals surface area contributed by atoms with Gasteiger partial charge in [0.2, 0.25) is 5.91 Å². The summed E-state index contributed by atoms with van der Waals surface area (Å²) >= 11 is 0. The van der Waals surface area contributed by atoms with Crippen molar-refractivity contribution in [1.82, 2.24) is 9.80 Å². The first-order valence-electron chi connectivity index (χ1n) is 5.51. The van der Waals surface area contributed by atoms with E-state index in [1.165, 1.54) is 0 Å². The Morgan fingerprint density at radius 2 is 2.14 bits per heavy atom. The summed E-state index contributed by atoms with van der Waals surface area (Å²) in [7, 11) is 2.21. The van der Waals surface area contributed by atoms with Gasteiger partial charge in [0.1, 0.15) is 0 Å². The molecule has 0 spiro atoms. The van der Waals surface area contributed by atoms with Crippen LogP contribution in [0, 0.1) is 0 Å². The maximum absolute atomic E-state index is 11.4. The maximum Gasteiger partial charge on any atom is 0.219 e. The van der Waals surface area contributed by atoms with Crippen molar-refractivity contribution in [1.29, 1.82) is 0 Å². The fourth-order valence-corrected chi connectivity index (χ4v) is 2.90. The summed E-state index contributed by atoms with van der Waals surface area (Å²) in [6.45, 7) is 6.10. The van der Waals surface area contributed by atoms with Gasteiger partial charge in [0.05, 0.1) is 0 Å². The van der Waals surface area contributed by atoms with Crippen molar-refractivity contribution >= 4 is 5.91 Å². The highest BCUT2D eigenvalue weighted by atomic mass is 16.2. The number of rotatable bonds is 0. The molecular weight excluding hydrogens is 176 g/mol. The summed E-state index contributed by atoms with van der Waals surface area (Å²) in [5.41, 5.74) is 0.342. The molecule has 2 aliphatic heterocycles. The van der Waals surface area contributed by atoms with E-state index in [9.17, 15) is 4.79 Å². The van der Waals surface area contributed by atoms with E-state index >= 15 is 0 Å². The molecule has 2 atom stereocenters. The molecule has 2 fully saturated rings. The third kappa shape index (κ3) is 1.44. The minimum Gasteiger partial charge on any atom is -0.340 e. The monoisotopic (exact) mass is 196 g/mol. The lowest BCUT2D eigenvalue weighted by Crippen LogP contribution is -2.61. The second-order valence-corrected chi connectivity index (χ2v) is 5.03. The lowest BCUT2D eigenvalue weighted by Gasteiger charge is -2.53. The van der Waals surface area contributed by atoms with Crippen molar-refractivity contribution < 1.29 is 4.79 Å². The van der Waals surface area contributed by atoms with E-state index in [0.717, 1.165) is 32.4 Å². The Balaban J connectivity index is 2.14. The van der Waals surface area contributed by atoms with E-state index in [4.69, 9.17) is 0 Å². The Morgan fingerprint density at radius 1 is 1.43 bits per heavy atom. The van der Waals surface area contributed by atoms with Gasteiger partial charge in [0.25, 0.3) is 0 Å². The molecule has 3 heteroatoms. The van der Waals surface area contributed by atoms with Gasteiger partial charge in [-0.2, -0.15) is 0 Å². The van der Waals surface area contributed by atoms with Crippen LogP contribution in [0.3, 0.4) is 0 Å². The van der Waals surface area contributed by atoms with Crippen LogP contribution in [0.15, 0.2) is 0 Å². The molecule has 0 aromatic rings. The number of hydrogen-bond acceptors (Lipinski definition) is 2. The van der Waals surface area contributed by atoms with Crippen molar-refractivity contribution in [2.45, 2.75) is 44.7 Å². The minimum absolute atomic E-state index is 0.251. The zero-order valence-electron chi connectivity index (χ0n) is 9.42. The smallest absolute Gasteiger partial charge is 0.219 e. The van der Waals surface area contributed by atoms with Crippen LogP contribution < -0.4 is 0 Å². The van der Waals surface area contributed by atoms with Crippen molar-refractivity contribution in [2.24, 2.45) is 0 Å². The van der Waals surface area contributed by atoms with Crippen LogP contribution >= 0.6 is 0 Å². The van der Waals surface area contributed by atoms with Gasteiger partial charge >= 0.3 is 0 Å². The van der Waals surface area contributed by atoms with Crippen LogP contribution in [0.5, 0.6) is 0 Å². The van der Waals surface area contributed by atoms with E-state index in [0.29, 0.717) is 11.6 Å². The lowest BCUT2D eigenvalue weighted by molar-refractivity contribution is -0.137. The zero-order chi connectivity index (χ0) is 10.3. The molecule has 2 rings (SSSR count). The van der Waals surface area contributed by atoms with Gasteiger partial charge in [0.15, 0.2) is 0 Å². The largest absolute Gasteiger partial charge is 0.340 e. The highest BCUT2D eigenvalue weighted by Gasteiger charge is 2.43. The number of hydrogen-bond donors (Lipinski definition) is 0. The second kappa shape index (κ2) is 3.23. The van der Waals surface area contributed by atoms with E-state index in [1.54, 1.807) is 6.92 Å². The zero-order valence-corrected chi connectivity index (χ0v) is 9.42. The molecular formula is C11H20N2O. The van der Waals surface area contributed by atoms with E-state index in [-0.39, 0.29) is 5.91 Å². The van der Waals surface area contributed by atoms with E-state index in [2.05, 4.69) is 23.8 Å². The summed E-state index contributed by atoms with van der Waals surface area (Å²) in [6.07, 6.45) is 3.42. The molecule has 0 N–H and O–H groups in total. The predicted octanol–water partition coefficient (Wildman–Crippen LogP) is 1.09. The quantitative estimate of drug-likeness (QED) is 0.579. The lowest BCUT2D eigenvalue weighted by atomic mass is 9.79. The Bertz CT molecular complexity index is 254. The number of nitrogens with zero attached hydrogens (tertiary/aromatic N) is 2. The molecule has 14 heavy (non-hydrogen) atoms. The highest BCUT2D eigenvalue weighted by Crippen LogP contribution is 2.36. The summed E-state index contributed by atoms with van der Waals surface area (Å²) in [5, 5.41) is 0. The predicted molar refractivity (Wildman–Crippen MR) is 56.1 cm³/mol. The Morgan fingerprint density at radius 3 is 2.79 bits per heavy atom. The van der Waals surface area contributed by atoms with Crippen molar-refractivity contribution in [3.05, 3.63) is 0 Å². The van der Waals surface area contributed by atoms with Crippen LogP contribution in [-0.2, 0) is 4.79 Å². The molecule has 2 aliphatic rings. The number of piperidine rings is 2. The van der Waals surface area contributed by atoms with Crippen molar-refractivity contribution in [3.63, 3.8) is 0 Å². The normalized spacial score (nSPS) is 38.5. The molecule has 2 heterocycles. The Kier molecular flexibility index (Phi) is 2.30. The van der Waals surface area contributed by atoms with Crippen LogP contribution in [0.2, 0.25) is 0 Å². The number of fused-ring (bicyclic) bond motifs is 2. The number of carbonyl (C=O) groups is 1. The summed E-state index contributed by atoms with van der Waals surface area (Å²) in [4.78, 5) is 15.9. The molecule has 0 radical (unpaired) electrons. The number of amides is 1. The molecule has 1 amide bonds. The molecule has 1 unspecified atom stereocenters. The average molecular weight is 196 g/mol. The fourth-order valence-electron chi connectivity index (χ4n) is 2.90. The van der Waals surface area contributed by atoms with Gasteiger partial charge in [-0.15, -0.1) is 0 Å². The summed E-state index contributed by atoms with van der Waals surface area (Å²) in [5.74, 6) is 0.251. The molecule has 0 aromatic carbocycles. The molecule has 0 saturated carbocycles. The first-order chi connectivity index (χ1) is 6.53. The Hall–Kier alpha value is -0.570. The summed E-state index contributed by atoms with van der Waals surface area (Å²) < 4.78 is 0. The van der Waals surface area contributed by atoms with Gasteiger partial charge in [-0.25, -0.2) is 0 Å². The average Bonchev–Trinajstić information content (AvgIpc) is 2.12. The molecule has 2 saturated heterocycles. The van der Waals surface area contributed by atoms with Crippen LogP contribution in [0.1, 0.15) is 33.1 Å². The van der Waals surface area contributed by atoms with E-state index < -0.39 is 0 Å². The van der Waals surface area contributed by atoms with Gasteiger partial charge in [-0.05, 0) is 33.2 Å². The third-order valence-corrected chi connectivity index (χ3v) is 4.13. The SMILES string of the molecule is CC(=O)N1CC[C@@]2(C)CC1CCN2C. The Labute approximate surface area is 86.1 Å². The van der Waals surface area contributed by atoms with Crippen molar-refractivity contribution in [3.8, 4) is 0 Å². The maximum atomic E-state index is 11.4. The van der Waals surface area contributed by atoms with Crippen LogP contribution in [-0.4, -0.2) is 47.4 Å². The van der Waals surface area contributed by atoms with Gasteiger partial charge < -0.3 is 9.80 Å². The van der Waals surface area contributed by atoms with Gasteiger partial charge in [-0.3, -0.25) is 4.79 Å². The van der Waals surface area contributed by atoms with Crippen molar-refractivity contribution in [2.75, 3.05) is 20.1 Å². The van der Waals surface area contributed by atoms with Crippen LogP contribution in [0.25, 0.3) is 0 Å². The molecule has 0 aliphatic carbocycles. The number of likely N-dealkylation sites (tertiary alicyclic amines) is 2. The molecule has 3 nitrogen and oxygen atoms in total. The second-order valence-electron chi connectivity index (χ2n) is 5.03. The standard InChI is InChI=1S/C11H20N2O/c1-9(14)13-7-5-11(2)8-10(13)4-6-12(11)3/h10H,4-8H2,1-3H3/t10?,11-/m0/s1. The third-order valence-electron chi connectivity index (χ3n) is 4.13. The minimum atomic E-state index is 0.251.